The summed E-state index contributed by atoms with van der Waals surface area (Å²) in [5.41, 5.74) is 2.60. The Kier molecular flexibility index (Phi) is 1.51. The van der Waals surface area contributed by atoms with Gasteiger partial charge in [0, 0.05) is 0 Å². The lowest BCUT2D eigenvalue weighted by Crippen LogP contribution is -2.43. The van der Waals surface area contributed by atoms with Crippen molar-refractivity contribution in [2.45, 2.75) is 0 Å². The van der Waals surface area contributed by atoms with Gasteiger partial charge in [-0.05, 0) is 0 Å². The lowest BCUT2D eigenvalue weighted by Gasteiger charge is -2.19. The van der Waals surface area contributed by atoms with Crippen LogP contribution in [0.4, 0.5) is 12.0 Å². The predicted molar refractivity (Wildman–Crippen MR) is 45.2 cm³/mol. The molecule has 0 unspecified atom stereocenters. The van der Waals surface area contributed by atoms with Crippen LogP contribution < -0.4 is 15.7 Å². The second-order valence-corrected chi connectivity index (χ2v) is 2.44. The van der Waals surface area contributed by atoms with Crippen molar-refractivity contribution < 1.29 is 8.83 Å². The fourth-order valence-electron chi connectivity index (χ4n) is 1.03. The molecule has 10 nitrogen and oxygen atoms in total. The summed E-state index contributed by atoms with van der Waals surface area (Å²) >= 11 is 0. The standard InChI is InChI=1S/C5H4N8O2/c1-6-11-13(5-10-8-3-15-5)12(1)4-9-7-2-14-4/h1-3,11H. The first kappa shape index (κ1) is 7.73. The van der Waals surface area contributed by atoms with E-state index in [0.29, 0.717) is 0 Å². The highest BCUT2D eigenvalue weighted by Gasteiger charge is 2.27. The number of hydrogen-bond acceptors (Lipinski definition) is 10. The van der Waals surface area contributed by atoms with Crippen molar-refractivity contribution in [2.24, 2.45) is 5.10 Å². The zero-order valence-corrected chi connectivity index (χ0v) is 7.18. The number of rotatable bonds is 2. The molecule has 0 atom stereocenters. The van der Waals surface area contributed by atoms with E-state index in [-0.39, 0.29) is 12.0 Å². The van der Waals surface area contributed by atoms with E-state index in [1.807, 2.05) is 0 Å². The van der Waals surface area contributed by atoms with Crippen LogP contribution in [0.1, 0.15) is 0 Å². The maximum absolute atomic E-state index is 4.99. The number of aromatic nitrogens is 4. The first-order chi connectivity index (χ1) is 7.45. The average Bonchev–Trinajstić information content (AvgIpc) is 3.01. The summed E-state index contributed by atoms with van der Waals surface area (Å²) in [7, 11) is 0. The van der Waals surface area contributed by atoms with Crippen molar-refractivity contribution in [3.63, 3.8) is 0 Å². The predicted octanol–water partition coefficient (Wildman–Crippen LogP) is -0.858. The molecule has 2 aromatic rings. The van der Waals surface area contributed by atoms with Gasteiger partial charge in [0.15, 0.2) is 0 Å². The molecule has 0 radical (unpaired) electrons. The SMILES string of the molecule is C1=NNN(c2nnco2)N1c1nnco1. The van der Waals surface area contributed by atoms with E-state index in [2.05, 4.69) is 31.0 Å². The zero-order chi connectivity index (χ0) is 10.1. The van der Waals surface area contributed by atoms with Gasteiger partial charge < -0.3 is 8.83 Å². The zero-order valence-electron chi connectivity index (χ0n) is 7.18. The Labute approximate surface area is 82.1 Å². The minimum atomic E-state index is 0.200. The van der Waals surface area contributed by atoms with Crippen LogP contribution in [0.5, 0.6) is 0 Å². The number of anilines is 2. The third kappa shape index (κ3) is 1.15. The molecule has 15 heavy (non-hydrogen) atoms. The van der Waals surface area contributed by atoms with Crippen LogP contribution in [0.25, 0.3) is 0 Å². The monoisotopic (exact) mass is 208 g/mol. The van der Waals surface area contributed by atoms with Gasteiger partial charge in [0.2, 0.25) is 12.8 Å². The van der Waals surface area contributed by atoms with Gasteiger partial charge in [0.25, 0.3) is 0 Å². The van der Waals surface area contributed by atoms with Gasteiger partial charge in [0.1, 0.15) is 6.34 Å². The van der Waals surface area contributed by atoms with E-state index in [9.17, 15) is 0 Å². The second kappa shape index (κ2) is 2.94. The van der Waals surface area contributed by atoms with Gasteiger partial charge in [-0.1, -0.05) is 10.2 Å². The fraction of sp³-hybridized carbons (Fsp3) is 0. The molecule has 0 fully saturated rings. The van der Waals surface area contributed by atoms with Crippen molar-refractivity contribution in [2.75, 3.05) is 10.1 Å². The molecule has 1 aliphatic rings. The van der Waals surface area contributed by atoms with Crippen molar-refractivity contribution in [1.29, 1.82) is 0 Å². The fourth-order valence-corrected chi connectivity index (χ4v) is 1.03. The number of hydrogen-bond donors (Lipinski definition) is 1. The van der Waals surface area contributed by atoms with Crippen LogP contribution in [0.3, 0.4) is 0 Å². The van der Waals surface area contributed by atoms with Crippen LogP contribution in [0.15, 0.2) is 26.7 Å². The van der Waals surface area contributed by atoms with Gasteiger partial charge in [-0.2, -0.15) is 10.5 Å². The molecule has 0 aromatic carbocycles. The molecule has 3 heterocycles. The molecule has 2 aromatic heterocycles. The van der Waals surface area contributed by atoms with Crippen LogP contribution >= 0.6 is 0 Å². The van der Waals surface area contributed by atoms with Gasteiger partial charge in [-0.3, -0.25) is 0 Å². The van der Waals surface area contributed by atoms with Gasteiger partial charge in [0.05, 0.1) is 0 Å². The maximum atomic E-state index is 4.99. The molecule has 0 saturated heterocycles. The van der Waals surface area contributed by atoms with Gasteiger partial charge >= 0.3 is 12.0 Å². The molecule has 76 valence electrons. The Morgan fingerprint density at radius 3 is 2.47 bits per heavy atom. The number of hydrazone groups is 1. The van der Waals surface area contributed by atoms with Crippen molar-refractivity contribution in [3.05, 3.63) is 12.8 Å². The maximum Gasteiger partial charge on any atom is 0.359 e. The highest BCUT2D eigenvalue weighted by atomic mass is 16.4. The lowest BCUT2D eigenvalue weighted by atomic mass is 10.9. The third-order valence-electron chi connectivity index (χ3n) is 1.61. The summed E-state index contributed by atoms with van der Waals surface area (Å²) in [6.45, 7) is 0. The molecule has 0 saturated carbocycles. The Morgan fingerprint density at radius 2 is 1.80 bits per heavy atom. The van der Waals surface area contributed by atoms with Crippen LogP contribution in [0, 0.1) is 0 Å². The number of nitrogens with one attached hydrogen (secondary N) is 1. The highest BCUT2D eigenvalue weighted by molar-refractivity contribution is 5.79. The first-order valence-corrected chi connectivity index (χ1v) is 3.85. The van der Waals surface area contributed by atoms with Crippen LogP contribution in [-0.2, 0) is 0 Å². The molecule has 0 aliphatic carbocycles. The molecule has 0 bridgehead atoms. The summed E-state index contributed by atoms with van der Waals surface area (Å²) in [5, 5.41) is 21.0. The summed E-state index contributed by atoms with van der Waals surface area (Å²) in [6.07, 6.45) is 3.83. The van der Waals surface area contributed by atoms with Crippen molar-refractivity contribution >= 4 is 18.4 Å². The molecule has 0 amide bonds. The summed E-state index contributed by atoms with van der Waals surface area (Å²) < 4.78 is 9.96. The summed E-state index contributed by atoms with van der Waals surface area (Å²) in [5.74, 6) is 0. The molecule has 1 N–H and O–H groups in total. The molecule has 10 heteroatoms. The Morgan fingerprint density at radius 1 is 1.07 bits per heavy atom. The van der Waals surface area contributed by atoms with Gasteiger partial charge in [-0.15, -0.1) is 20.4 Å². The molecular weight excluding hydrogens is 204 g/mol. The molecule has 3 rings (SSSR count). The van der Waals surface area contributed by atoms with Crippen molar-refractivity contribution in [3.8, 4) is 0 Å². The average molecular weight is 208 g/mol. The van der Waals surface area contributed by atoms with E-state index in [4.69, 9.17) is 8.83 Å². The minimum Gasteiger partial charge on any atom is -0.409 e. The van der Waals surface area contributed by atoms with Gasteiger partial charge in [-0.25, -0.2) is 0 Å². The normalized spacial score (nSPS) is 14.7. The van der Waals surface area contributed by atoms with E-state index in [0.717, 1.165) is 0 Å². The molecular formula is C5H4N8O2. The number of hydrazine groups is 2. The largest absolute Gasteiger partial charge is 0.409 e. The minimum absolute atomic E-state index is 0.200. The Balaban J connectivity index is 1.92. The topological polar surface area (TPSA) is 109 Å². The Hall–Kier alpha value is -2.65. The van der Waals surface area contributed by atoms with E-state index in [1.54, 1.807) is 0 Å². The first-order valence-electron chi connectivity index (χ1n) is 3.85. The third-order valence-corrected chi connectivity index (χ3v) is 1.61. The second-order valence-electron chi connectivity index (χ2n) is 2.44. The summed E-state index contributed by atoms with van der Waals surface area (Å²) in [6, 6.07) is 0.424. The molecule has 1 aliphatic heterocycles. The van der Waals surface area contributed by atoms with E-state index < -0.39 is 0 Å². The van der Waals surface area contributed by atoms with Crippen molar-refractivity contribution in [1.82, 2.24) is 25.9 Å². The lowest BCUT2D eigenvalue weighted by molar-refractivity contribution is 0.494. The Bertz CT molecular complexity index is 449. The smallest absolute Gasteiger partial charge is 0.359 e. The summed E-state index contributed by atoms with van der Waals surface area (Å²) in [4.78, 5) is 0. The molecule has 0 spiro atoms. The van der Waals surface area contributed by atoms with Crippen LogP contribution in [0.2, 0.25) is 0 Å². The van der Waals surface area contributed by atoms with Crippen LogP contribution in [-0.4, -0.2) is 26.7 Å². The number of nitrogens with zero attached hydrogens (tertiary/aromatic N) is 7. The quantitative estimate of drug-likeness (QED) is 0.674. The highest BCUT2D eigenvalue weighted by Crippen LogP contribution is 2.17. The van der Waals surface area contributed by atoms with E-state index in [1.165, 1.54) is 29.3 Å². The van der Waals surface area contributed by atoms with E-state index >= 15 is 0 Å².